The van der Waals surface area contributed by atoms with E-state index in [4.69, 9.17) is 61.6 Å². The van der Waals surface area contributed by atoms with Crippen LogP contribution in [-0.4, -0.2) is 95.7 Å². The van der Waals surface area contributed by atoms with Gasteiger partial charge in [-0.3, -0.25) is 0 Å². The van der Waals surface area contributed by atoms with E-state index in [1.807, 2.05) is 0 Å². The number of rotatable bonds is 16. The van der Waals surface area contributed by atoms with E-state index in [2.05, 4.69) is 0 Å². The van der Waals surface area contributed by atoms with E-state index in [0.717, 1.165) is 0 Å². The van der Waals surface area contributed by atoms with Crippen molar-refractivity contribution in [2.45, 2.75) is 24.6 Å². The van der Waals surface area contributed by atoms with Gasteiger partial charge < -0.3 is 47.4 Å². The molecule has 13 heteroatoms. The number of hydrogen-bond acceptors (Lipinski definition) is 13. The van der Waals surface area contributed by atoms with E-state index < -0.39 is 24.6 Å². The van der Waals surface area contributed by atoms with E-state index in [1.54, 1.807) is 0 Å². The fraction of sp³-hybridized carbons (Fsp3) is 1.00. The Kier molecular flexibility index (Phi) is 11.3. The Bertz CT molecular complexity index is 336. The molecule has 0 aromatic rings. The first-order valence-electron chi connectivity index (χ1n) is 7.35. The lowest BCUT2D eigenvalue weighted by Gasteiger charge is -2.42. The van der Waals surface area contributed by atoms with Crippen molar-refractivity contribution in [3.05, 3.63) is 0 Å². The topological polar surface area (TPSA) is 120 Å². The van der Waals surface area contributed by atoms with Crippen LogP contribution in [0.1, 0.15) is 0 Å². The lowest BCUT2D eigenvalue weighted by Crippen LogP contribution is -2.60. The molecule has 0 amide bonds. The van der Waals surface area contributed by atoms with Crippen molar-refractivity contribution in [1.29, 1.82) is 0 Å². The Balaban J connectivity index is 5.93. The highest BCUT2D eigenvalue weighted by Gasteiger charge is 2.57. The Hall–Kier alpha value is -0.520. The van der Waals surface area contributed by atoms with Crippen LogP contribution in [0.25, 0.3) is 0 Å². The van der Waals surface area contributed by atoms with Gasteiger partial charge in [-0.1, -0.05) is 0 Å². The van der Waals surface area contributed by atoms with E-state index in [-0.39, 0.29) is 0 Å². The number of ether oxygens (including phenoxy) is 13. The molecule has 0 rings (SSSR count). The van der Waals surface area contributed by atoms with Gasteiger partial charge in [0.15, 0.2) is 0 Å². The van der Waals surface area contributed by atoms with E-state index >= 15 is 0 Å². The van der Waals surface area contributed by atoms with Crippen LogP contribution < -0.4 is 0 Å². The van der Waals surface area contributed by atoms with Crippen LogP contribution in [0.4, 0.5) is 0 Å². The molecule has 0 bridgehead atoms. The third-order valence-corrected chi connectivity index (χ3v) is 3.25. The summed E-state index contributed by atoms with van der Waals surface area (Å²) in [7, 11) is 12.2. The Morgan fingerprint density at radius 1 is 0.259 bits per heavy atom. The Labute approximate surface area is 158 Å². The van der Waals surface area contributed by atoms with Gasteiger partial charge in [0.05, 0.1) is 0 Å². The quantitative estimate of drug-likeness (QED) is 0.319. The molecule has 0 heterocycles. The molecule has 0 atom stereocenters. The highest BCUT2D eigenvalue weighted by molar-refractivity contribution is 4.52. The molecule has 164 valence electrons. The second-order valence-corrected chi connectivity index (χ2v) is 4.35. The van der Waals surface area contributed by atoms with Gasteiger partial charge in [0, 0.05) is 71.1 Å². The molecular formula is C14H30O13. The average molecular weight is 406 g/mol. The van der Waals surface area contributed by atoms with Crippen molar-refractivity contribution in [3.63, 3.8) is 0 Å². The zero-order valence-electron chi connectivity index (χ0n) is 17.3. The third kappa shape index (κ3) is 6.23. The van der Waals surface area contributed by atoms with Gasteiger partial charge >= 0.3 is 24.6 Å². The summed E-state index contributed by atoms with van der Waals surface area (Å²) >= 11 is 0. The second kappa shape index (κ2) is 11.5. The molecule has 0 unspecified atom stereocenters. The van der Waals surface area contributed by atoms with Gasteiger partial charge in [-0.15, -0.1) is 0 Å². The molecule has 0 aliphatic rings. The number of hydrogen-bond donors (Lipinski definition) is 0. The minimum absolute atomic E-state index is 1.18. The van der Waals surface area contributed by atoms with Crippen molar-refractivity contribution < 1.29 is 61.6 Å². The Morgan fingerprint density at radius 3 is 0.556 bits per heavy atom. The minimum atomic E-state index is -2.39. The molecule has 27 heavy (non-hydrogen) atoms. The first kappa shape index (κ1) is 26.5. The summed E-state index contributed by atoms with van der Waals surface area (Å²) < 4.78 is 67.3. The summed E-state index contributed by atoms with van der Waals surface area (Å²) in [6.07, 6.45) is -8.95. The van der Waals surface area contributed by atoms with Crippen LogP contribution in [0, 0.1) is 0 Å². The summed E-state index contributed by atoms with van der Waals surface area (Å²) in [6.45, 7) is 0. The first-order chi connectivity index (χ1) is 12.7. The lowest BCUT2D eigenvalue weighted by molar-refractivity contribution is -0.686. The molecule has 0 aliphatic heterocycles. The summed E-state index contributed by atoms with van der Waals surface area (Å²) in [6, 6.07) is 0. The fourth-order valence-corrected chi connectivity index (χ4v) is 1.75. The normalized spacial score (nSPS) is 14.0. The zero-order chi connectivity index (χ0) is 21.2. The minimum Gasteiger partial charge on any atom is -0.306 e. The summed E-state index contributed by atoms with van der Waals surface area (Å²) in [5.74, 6) is 0. The van der Waals surface area contributed by atoms with E-state index in [1.165, 1.54) is 71.1 Å². The average Bonchev–Trinajstić information content (AvgIpc) is 2.74. The lowest BCUT2D eigenvalue weighted by atomic mass is 10.8. The van der Waals surface area contributed by atoms with Crippen molar-refractivity contribution in [1.82, 2.24) is 0 Å². The van der Waals surface area contributed by atoms with Crippen LogP contribution in [0.2, 0.25) is 0 Å². The Morgan fingerprint density at radius 2 is 0.407 bits per heavy atom. The van der Waals surface area contributed by atoms with E-state index in [9.17, 15) is 0 Å². The molecule has 0 radical (unpaired) electrons. The van der Waals surface area contributed by atoms with Gasteiger partial charge in [-0.05, 0) is 0 Å². The van der Waals surface area contributed by atoms with Gasteiger partial charge in [0.25, 0.3) is 0 Å². The maximum atomic E-state index is 5.53. The van der Waals surface area contributed by atoms with Gasteiger partial charge in [0.2, 0.25) is 0 Å². The second-order valence-electron chi connectivity index (χ2n) is 4.35. The third-order valence-electron chi connectivity index (χ3n) is 3.25. The van der Waals surface area contributed by atoms with Crippen LogP contribution in [0.5, 0.6) is 0 Å². The molecule has 0 spiro atoms. The highest BCUT2D eigenvalue weighted by Crippen LogP contribution is 2.34. The van der Waals surface area contributed by atoms with Gasteiger partial charge in [-0.25, -0.2) is 14.2 Å². The van der Waals surface area contributed by atoms with Crippen molar-refractivity contribution >= 4 is 0 Å². The van der Waals surface area contributed by atoms with Crippen LogP contribution in [0.15, 0.2) is 0 Å². The molecule has 0 fully saturated rings. The van der Waals surface area contributed by atoms with Crippen molar-refractivity contribution in [2.75, 3.05) is 71.1 Å². The van der Waals surface area contributed by atoms with Crippen LogP contribution >= 0.6 is 0 Å². The number of methoxy groups -OCH3 is 10. The largest absolute Gasteiger partial charge is 0.424 e. The SMILES string of the molecule is COC(OC)(OC)OC(OC)(OC)OC(OC)(OC)OC(OC)(OC)OC. The van der Waals surface area contributed by atoms with Crippen molar-refractivity contribution in [3.8, 4) is 0 Å². The van der Waals surface area contributed by atoms with Crippen molar-refractivity contribution in [2.24, 2.45) is 0 Å². The molecule has 13 nitrogen and oxygen atoms in total. The summed E-state index contributed by atoms with van der Waals surface area (Å²) in [5.41, 5.74) is 0. The monoisotopic (exact) mass is 406 g/mol. The highest BCUT2D eigenvalue weighted by atomic mass is 17.2. The van der Waals surface area contributed by atoms with Crippen LogP contribution in [0.3, 0.4) is 0 Å². The molecule has 0 saturated carbocycles. The first-order valence-corrected chi connectivity index (χ1v) is 7.35. The maximum absolute atomic E-state index is 5.53. The molecule has 0 saturated heterocycles. The summed E-state index contributed by atoms with van der Waals surface area (Å²) in [5, 5.41) is 0. The zero-order valence-corrected chi connectivity index (χ0v) is 17.3. The fourth-order valence-electron chi connectivity index (χ4n) is 1.75. The predicted molar refractivity (Wildman–Crippen MR) is 84.3 cm³/mol. The summed E-state index contributed by atoms with van der Waals surface area (Å²) in [4.78, 5) is 0. The molecule has 0 aliphatic carbocycles. The van der Waals surface area contributed by atoms with Gasteiger partial charge in [-0.2, -0.15) is 0 Å². The molecule has 0 N–H and O–H groups in total. The van der Waals surface area contributed by atoms with E-state index in [0.29, 0.717) is 0 Å². The standard InChI is InChI=1S/C14H30O13/c1-15-11(16-2,17-3)25-13(21-7,22-8)27-14(23-9,24-10)26-12(18-4,19-5)20-6/h1-10H3. The molecule has 0 aromatic heterocycles. The van der Waals surface area contributed by atoms with Gasteiger partial charge in [0.1, 0.15) is 0 Å². The smallest absolute Gasteiger partial charge is 0.306 e. The maximum Gasteiger partial charge on any atom is 0.424 e. The van der Waals surface area contributed by atoms with Crippen LogP contribution in [-0.2, 0) is 61.6 Å². The molecular weight excluding hydrogens is 376 g/mol. The molecule has 0 aromatic carbocycles. The predicted octanol–water partition coefficient (Wildman–Crippen LogP) is -0.0546.